The lowest BCUT2D eigenvalue weighted by atomic mass is 10.1. The van der Waals surface area contributed by atoms with Gasteiger partial charge in [-0.1, -0.05) is 12.1 Å². The molecule has 1 saturated heterocycles. The summed E-state index contributed by atoms with van der Waals surface area (Å²) < 4.78 is 1.48. The molecule has 0 bridgehead atoms. The second-order valence-corrected chi connectivity index (χ2v) is 7.71. The maximum Gasteiger partial charge on any atom is 0.261 e. The Labute approximate surface area is 175 Å². The average Bonchev–Trinajstić information content (AvgIpc) is 2.75. The molecule has 0 aliphatic carbocycles. The average molecular weight is 406 g/mol. The molecule has 8 nitrogen and oxygen atoms in total. The summed E-state index contributed by atoms with van der Waals surface area (Å²) in [4.78, 5) is 38.4. The Morgan fingerprint density at radius 2 is 1.90 bits per heavy atom. The Bertz CT molecular complexity index is 1100. The zero-order valence-corrected chi connectivity index (χ0v) is 17.3. The number of benzene rings is 1. The van der Waals surface area contributed by atoms with E-state index < -0.39 is 0 Å². The van der Waals surface area contributed by atoms with E-state index in [9.17, 15) is 9.59 Å². The molecule has 1 aliphatic rings. The van der Waals surface area contributed by atoms with Crippen molar-refractivity contribution in [3.63, 3.8) is 0 Å². The molecule has 1 N–H and O–H groups in total. The Morgan fingerprint density at radius 1 is 1.10 bits per heavy atom. The number of carbonyl (C=O) groups is 1. The molecule has 1 aliphatic heterocycles. The van der Waals surface area contributed by atoms with E-state index in [1.54, 1.807) is 12.3 Å². The van der Waals surface area contributed by atoms with E-state index in [4.69, 9.17) is 0 Å². The minimum atomic E-state index is -0.166. The van der Waals surface area contributed by atoms with Gasteiger partial charge in [0.25, 0.3) is 5.56 Å². The van der Waals surface area contributed by atoms with Gasteiger partial charge in [-0.15, -0.1) is 0 Å². The van der Waals surface area contributed by atoms with Crippen molar-refractivity contribution in [2.75, 3.05) is 43.4 Å². The molecule has 0 unspecified atom stereocenters. The molecule has 0 radical (unpaired) electrons. The third-order valence-corrected chi connectivity index (χ3v) is 5.49. The number of aryl methyl sites for hydroxylation is 2. The number of amides is 1. The highest BCUT2D eigenvalue weighted by molar-refractivity contribution is 5.90. The molecular weight excluding hydrogens is 380 g/mol. The number of nitrogens with zero attached hydrogens (tertiary/aromatic N) is 5. The molecule has 1 amide bonds. The van der Waals surface area contributed by atoms with Gasteiger partial charge < -0.3 is 15.1 Å². The van der Waals surface area contributed by atoms with Crippen LogP contribution in [0.3, 0.4) is 0 Å². The van der Waals surface area contributed by atoms with Crippen molar-refractivity contribution in [1.82, 2.24) is 19.4 Å². The smallest absolute Gasteiger partial charge is 0.261 e. The lowest BCUT2D eigenvalue weighted by Crippen LogP contribution is -2.44. The van der Waals surface area contributed by atoms with Crippen LogP contribution < -0.4 is 15.8 Å². The van der Waals surface area contributed by atoms with Crippen molar-refractivity contribution in [2.45, 2.75) is 19.9 Å². The number of hydrogen-bond acceptors (Lipinski definition) is 6. The van der Waals surface area contributed by atoms with Gasteiger partial charge in [0.05, 0.1) is 29.1 Å². The van der Waals surface area contributed by atoms with Gasteiger partial charge >= 0.3 is 0 Å². The second kappa shape index (κ2) is 8.62. The number of nitrogens with one attached hydrogen (secondary N) is 1. The maximum absolute atomic E-state index is 12.6. The number of carbonyl (C=O) groups excluding carboxylic acids is 1. The lowest BCUT2D eigenvalue weighted by molar-refractivity contribution is -0.116. The van der Waals surface area contributed by atoms with Crippen molar-refractivity contribution >= 4 is 28.3 Å². The van der Waals surface area contributed by atoms with Gasteiger partial charge in [0.1, 0.15) is 5.82 Å². The van der Waals surface area contributed by atoms with Gasteiger partial charge in [0.15, 0.2) is 0 Å². The molecular formula is C22H26N6O2. The van der Waals surface area contributed by atoms with Crippen LogP contribution in [0.25, 0.3) is 10.9 Å². The molecule has 0 saturated carbocycles. The van der Waals surface area contributed by atoms with Gasteiger partial charge in [-0.25, -0.2) is 9.97 Å². The van der Waals surface area contributed by atoms with Gasteiger partial charge in [0, 0.05) is 39.1 Å². The molecule has 3 aromatic rings. The predicted octanol–water partition coefficient (Wildman–Crippen LogP) is 1.88. The number of piperazine rings is 1. The van der Waals surface area contributed by atoms with Crippen LogP contribution in [0.2, 0.25) is 0 Å². The molecule has 3 heterocycles. The number of fused-ring (bicyclic) bond motifs is 1. The van der Waals surface area contributed by atoms with Gasteiger partial charge in [0.2, 0.25) is 5.91 Å². The van der Waals surface area contributed by atoms with Crippen LogP contribution >= 0.6 is 0 Å². The first-order chi connectivity index (χ1) is 14.5. The number of hydrogen-bond donors (Lipinski definition) is 1. The highest BCUT2D eigenvalue weighted by Gasteiger charge is 2.15. The number of anilines is 2. The van der Waals surface area contributed by atoms with Crippen molar-refractivity contribution < 1.29 is 4.79 Å². The first kappa shape index (κ1) is 20.0. The van der Waals surface area contributed by atoms with Crippen LogP contribution in [0, 0.1) is 6.92 Å². The topological polar surface area (TPSA) is 83.4 Å². The summed E-state index contributed by atoms with van der Waals surface area (Å²) >= 11 is 0. The Morgan fingerprint density at radius 3 is 2.63 bits per heavy atom. The highest BCUT2D eigenvalue weighted by Crippen LogP contribution is 2.16. The van der Waals surface area contributed by atoms with E-state index in [0.717, 1.165) is 37.6 Å². The van der Waals surface area contributed by atoms with Crippen LogP contribution in [0.15, 0.2) is 47.7 Å². The molecule has 4 rings (SSSR count). The Hall–Kier alpha value is -3.26. The van der Waals surface area contributed by atoms with Crippen molar-refractivity contribution in [3.05, 3.63) is 58.8 Å². The fourth-order valence-corrected chi connectivity index (χ4v) is 3.62. The number of rotatable bonds is 5. The summed E-state index contributed by atoms with van der Waals surface area (Å²) in [7, 11) is 2.12. The molecule has 156 valence electrons. The van der Waals surface area contributed by atoms with Crippen LogP contribution in [-0.2, 0) is 11.3 Å². The number of para-hydroxylation sites is 1. The molecule has 1 fully saturated rings. The maximum atomic E-state index is 12.6. The van der Waals surface area contributed by atoms with Crippen LogP contribution in [0.5, 0.6) is 0 Å². The van der Waals surface area contributed by atoms with Gasteiger partial charge in [-0.2, -0.15) is 0 Å². The zero-order valence-electron chi connectivity index (χ0n) is 17.3. The fourth-order valence-electron chi connectivity index (χ4n) is 3.62. The van der Waals surface area contributed by atoms with Crippen molar-refractivity contribution in [3.8, 4) is 0 Å². The summed E-state index contributed by atoms with van der Waals surface area (Å²) in [5, 5.41) is 3.42. The summed E-state index contributed by atoms with van der Waals surface area (Å²) in [5.41, 5.74) is 2.18. The summed E-state index contributed by atoms with van der Waals surface area (Å²) in [5.74, 6) is 0.755. The summed E-state index contributed by atoms with van der Waals surface area (Å²) in [6.07, 6.45) is 3.37. The Kier molecular flexibility index (Phi) is 5.76. The van der Waals surface area contributed by atoms with E-state index >= 15 is 0 Å². The SMILES string of the molecule is Cc1cccc2c(=O)n(CCC(=O)Nc3ccc(N4CCN(C)CC4)nc3)cnc12. The standard InChI is InChI=1S/C22H26N6O2/c1-16-4-3-5-18-21(16)24-15-28(22(18)30)9-8-20(29)25-17-6-7-19(23-14-17)27-12-10-26(2)11-13-27/h3-7,14-15H,8-13H2,1-2H3,(H,25,29). The molecule has 8 heteroatoms. The van der Waals surface area contributed by atoms with E-state index in [-0.39, 0.29) is 24.4 Å². The molecule has 2 aromatic heterocycles. The van der Waals surface area contributed by atoms with E-state index in [1.807, 2.05) is 31.2 Å². The minimum Gasteiger partial charge on any atom is -0.354 e. The summed E-state index contributed by atoms with van der Waals surface area (Å²) in [6.45, 7) is 6.13. The van der Waals surface area contributed by atoms with E-state index in [2.05, 4.69) is 32.1 Å². The normalized spacial score (nSPS) is 14.8. The summed E-state index contributed by atoms with van der Waals surface area (Å²) in [6, 6.07) is 9.33. The number of pyridine rings is 1. The highest BCUT2D eigenvalue weighted by atomic mass is 16.2. The molecule has 0 atom stereocenters. The van der Waals surface area contributed by atoms with Crippen LogP contribution in [0.4, 0.5) is 11.5 Å². The number of likely N-dealkylation sites (N-methyl/N-ethyl adjacent to an activating group) is 1. The van der Waals surface area contributed by atoms with E-state index in [1.165, 1.54) is 10.9 Å². The first-order valence-corrected chi connectivity index (χ1v) is 10.2. The monoisotopic (exact) mass is 406 g/mol. The zero-order chi connectivity index (χ0) is 21.1. The van der Waals surface area contributed by atoms with Crippen molar-refractivity contribution in [1.29, 1.82) is 0 Å². The molecule has 0 spiro atoms. The van der Waals surface area contributed by atoms with E-state index in [0.29, 0.717) is 16.6 Å². The molecule has 1 aromatic carbocycles. The number of aromatic nitrogens is 3. The lowest BCUT2D eigenvalue weighted by Gasteiger charge is -2.33. The quantitative estimate of drug-likeness (QED) is 0.697. The first-order valence-electron chi connectivity index (χ1n) is 10.2. The third-order valence-electron chi connectivity index (χ3n) is 5.49. The minimum absolute atomic E-state index is 0.130. The van der Waals surface area contributed by atoms with Crippen LogP contribution in [0.1, 0.15) is 12.0 Å². The van der Waals surface area contributed by atoms with Crippen molar-refractivity contribution in [2.24, 2.45) is 0 Å². The second-order valence-electron chi connectivity index (χ2n) is 7.71. The third kappa shape index (κ3) is 4.33. The Balaban J connectivity index is 1.35. The fraction of sp³-hybridized carbons (Fsp3) is 0.364. The van der Waals surface area contributed by atoms with Gasteiger partial charge in [-0.3, -0.25) is 14.2 Å². The largest absolute Gasteiger partial charge is 0.354 e. The molecule has 30 heavy (non-hydrogen) atoms. The van der Waals surface area contributed by atoms with Gasteiger partial charge in [-0.05, 0) is 37.7 Å². The van der Waals surface area contributed by atoms with Crippen LogP contribution in [-0.4, -0.2) is 58.6 Å². The predicted molar refractivity (Wildman–Crippen MR) is 118 cm³/mol.